The number of aromatic nitrogens is 2. The van der Waals surface area contributed by atoms with Crippen LogP contribution >= 0.6 is 0 Å². The number of nitrogens with zero attached hydrogens (tertiary/aromatic N) is 2. The summed E-state index contributed by atoms with van der Waals surface area (Å²) in [6.45, 7) is 6.28. The van der Waals surface area contributed by atoms with E-state index >= 15 is 0 Å². The van der Waals surface area contributed by atoms with E-state index in [4.69, 9.17) is 4.52 Å². The molecule has 7 heteroatoms. The van der Waals surface area contributed by atoms with Crippen molar-refractivity contribution in [2.24, 2.45) is 0 Å². The first-order chi connectivity index (χ1) is 11.4. The van der Waals surface area contributed by atoms with Crippen LogP contribution in [-0.2, 0) is 16.4 Å². The third kappa shape index (κ3) is 5.90. The highest BCUT2D eigenvalue weighted by Crippen LogP contribution is 2.10. The van der Waals surface area contributed by atoms with Crippen molar-refractivity contribution in [1.82, 2.24) is 14.9 Å². The highest BCUT2D eigenvalue weighted by molar-refractivity contribution is 7.92. The molecule has 2 rings (SSSR count). The van der Waals surface area contributed by atoms with E-state index in [9.17, 15) is 8.42 Å². The van der Waals surface area contributed by atoms with Gasteiger partial charge in [-0.3, -0.25) is 0 Å². The van der Waals surface area contributed by atoms with Gasteiger partial charge >= 0.3 is 0 Å². The second kappa shape index (κ2) is 8.21. The number of rotatable bonds is 8. The molecule has 1 aromatic carbocycles. The summed E-state index contributed by atoms with van der Waals surface area (Å²) in [7, 11) is -3.45. The second-order valence-electron chi connectivity index (χ2n) is 5.96. The van der Waals surface area contributed by atoms with Crippen LogP contribution in [0.25, 0.3) is 6.08 Å². The molecule has 0 saturated heterocycles. The molecule has 0 amide bonds. The zero-order valence-electron chi connectivity index (χ0n) is 14.2. The van der Waals surface area contributed by atoms with E-state index in [0.717, 1.165) is 11.1 Å². The zero-order valence-corrected chi connectivity index (χ0v) is 15.0. The maximum absolute atomic E-state index is 11.9. The Kier molecular flexibility index (Phi) is 6.28. The van der Waals surface area contributed by atoms with Crippen molar-refractivity contribution in [1.29, 1.82) is 0 Å². The van der Waals surface area contributed by atoms with Gasteiger partial charge in [0.1, 0.15) is 0 Å². The van der Waals surface area contributed by atoms with E-state index in [2.05, 4.69) is 14.9 Å². The predicted octanol–water partition coefficient (Wildman–Crippen LogP) is 3.02. The molecule has 0 aliphatic carbocycles. The van der Waals surface area contributed by atoms with Crippen molar-refractivity contribution in [3.63, 3.8) is 0 Å². The molecule has 0 spiro atoms. The Balaban J connectivity index is 1.78. The van der Waals surface area contributed by atoms with E-state index < -0.39 is 10.0 Å². The number of hydrogen-bond donors (Lipinski definition) is 1. The van der Waals surface area contributed by atoms with E-state index in [-0.39, 0.29) is 5.92 Å². The Hall–Kier alpha value is -1.99. The fraction of sp³-hybridized carbons (Fsp3) is 0.412. The van der Waals surface area contributed by atoms with E-state index in [1.165, 1.54) is 5.41 Å². The Labute approximate surface area is 143 Å². The summed E-state index contributed by atoms with van der Waals surface area (Å²) >= 11 is 0. The maximum Gasteiger partial charge on any atom is 0.233 e. The molecule has 0 saturated carbocycles. The molecule has 0 atom stereocenters. The lowest BCUT2D eigenvalue weighted by Gasteiger charge is -2.01. The minimum absolute atomic E-state index is 0.216. The van der Waals surface area contributed by atoms with Crippen LogP contribution < -0.4 is 4.72 Å². The summed E-state index contributed by atoms with van der Waals surface area (Å²) in [6.07, 6.45) is 2.72. The van der Waals surface area contributed by atoms with Crippen molar-refractivity contribution in [3.8, 4) is 0 Å². The van der Waals surface area contributed by atoms with Crippen LogP contribution in [0.1, 0.15) is 49.0 Å². The van der Waals surface area contributed by atoms with Crippen molar-refractivity contribution in [2.75, 3.05) is 6.54 Å². The third-order valence-electron chi connectivity index (χ3n) is 3.39. The van der Waals surface area contributed by atoms with Gasteiger partial charge in [-0.15, -0.1) is 0 Å². The lowest BCUT2D eigenvalue weighted by molar-refractivity contribution is 0.368. The standard InChI is InChI=1S/C17H23N3O3S/c1-13(2)17-19-16(23-20-17)5-4-11-18-24(21,22)12-10-15-8-6-14(3)7-9-15/h6-10,12-13,18H,4-5,11H2,1-3H3/b12-10-. The lowest BCUT2D eigenvalue weighted by Crippen LogP contribution is -2.22. The van der Waals surface area contributed by atoms with Crippen molar-refractivity contribution >= 4 is 16.1 Å². The van der Waals surface area contributed by atoms with Crippen molar-refractivity contribution in [2.45, 2.75) is 39.5 Å². The van der Waals surface area contributed by atoms with Crippen LogP contribution in [0.3, 0.4) is 0 Å². The van der Waals surface area contributed by atoms with E-state index in [1.807, 2.05) is 45.0 Å². The molecule has 24 heavy (non-hydrogen) atoms. The first kappa shape index (κ1) is 18.4. The number of sulfonamides is 1. The van der Waals surface area contributed by atoms with Gasteiger partial charge in [0.2, 0.25) is 15.9 Å². The molecule has 0 unspecified atom stereocenters. The summed E-state index contributed by atoms with van der Waals surface area (Å²) in [6, 6.07) is 7.64. The average Bonchev–Trinajstić information content (AvgIpc) is 3.00. The molecule has 0 aliphatic heterocycles. The first-order valence-electron chi connectivity index (χ1n) is 7.92. The topological polar surface area (TPSA) is 85.1 Å². The fourth-order valence-corrected chi connectivity index (χ4v) is 2.81. The summed E-state index contributed by atoms with van der Waals surface area (Å²) in [5.41, 5.74) is 1.98. The largest absolute Gasteiger partial charge is 0.339 e. The maximum atomic E-state index is 11.9. The van der Waals surface area contributed by atoms with Gasteiger partial charge in [-0.2, -0.15) is 4.98 Å². The molecule has 130 valence electrons. The Bertz CT molecular complexity index is 778. The number of nitrogens with one attached hydrogen (secondary N) is 1. The molecule has 6 nitrogen and oxygen atoms in total. The summed E-state index contributed by atoms with van der Waals surface area (Å²) in [4.78, 5) is 4.26. The summed E-state index contributed by atoms with van der Waals surface area (Å²) in [5, 5.41) is 5.06. The van der Waals surface area contributed by atoms with Gasteiger partial charge in [0.15, 0.2) is 5.82 Å². The van der Waals surface area contributed by atoms with Gasteiger partial charge in [-0.1, -0.05) is 48.8 Å². The molecule has 0 aliphatic rings. The predicted molar refractivity (Wildman–Crippen MR) is 93.8 cm³/mol. The number of benzene rings is 1. The smallest absolute Gasteiger partial charge is 0.233 e. The van der Waals surface area contributed by atoms with Gasteiger partial charge in [0.25, 0.3) is 0 Å². The Morgan fingerprint density at radius 2 is 1.96 bits per heavy atom. The van der Waals surface area contributed by atoms with Crippen LogP contribution in [0.15, 0.2) is 34.2 Å². The molecule has 2 aromatic rings. The normalized spacial score (nSPS) is 12.3. The lowest BCUT2D eigenvalue weighted by atomic mass is 10.2. The molecule has 0 fully saturated rings. The molecule has 0 bridgehead atoms. The number of hydrogen-bond acceptors (Lipinski definition) is 5. The van der Waals surface area contributed by atoms with Crippen LogP contribution in [0.5, 0.6) is 0 Å². The van der Waals surface area contributed by atoms with Gasteiger partial charge in [-0.05, 0) is 25.0 Å². The highest BCUT2D eigenvalue weighted by atomic mass is 32.2. The first-order valence-corrected chi connectivity index (χ1v) is 9.47. The molecule has 1 aromatic heterocycles. The monoisotopic (exact) mass is 349 g/mol. The number of aryl methyl sites for hydroxylation is 2. The van der Waals surface area contributed by atoms with Gasteiger partial charge < -0.3 is 4.52 Å². The van der Waals surface area contributed by atoms with Crippen LogP contribution in [0.2, 0.25) is 0 Å². The average molecular weight is 349 g/mol. The van der Waals surface area contributed by atoms with E-state index in [1.54, 1.807) is 6.08 Å². The minimum Gasteiger partial charge on any atom is -0.339 e. The van der Waals surface area contributed by atoms with Crippen molar-refractivity contribution in [3.05, 3.63) is 52.5 Å². The summed E-state index contributed by atoms with van der Waals surface area (Å²) < 4.78 is 31.5. The summed E-state index contributed by atoms with van der Waals surface area (Å²) in [5.74, 6) is 1.42. The van der Waals surface area contributed by atoms with Gasteiger partial charge in [0.05, 0.1) is 0 Å². The van der Waals surface area contributed by atoms with Crippen LogP contribution in [-0.4, -0.2) is 25.1 Å². The SMILES string of the molecule is Cc1ccc(/C=C\S(=O)(=O)NCCCc2nc(C(C)C)no2)cc1. The third-order valence-corrected chi connectivity index (χ3v) is 4.49. The molecule has 1 N–H and O–H groups in total. The molecular formula is C17H23N3O3S. The minimum atomic E-state index is -3.45. The zero-order chi connectivity index (χ0) is 17.6. The Morgan fingerprint density at radius 1 is 1.25 bits per heavy atom. The molecular weight excluding hydrogens is 326 g/mol. The van der Waals surface area contributed by atoms with Gasteiger partial charge in [0, 0.05) is 24.3 Å². The molecule has 0 radical (unpaired) electrons. The van der Waals surface area contributed by atoms with E-state index in [0.29, 0.717) is 31.1 Å². The van der Waals surface area contributed by atoms with Crippen LogP contribution in [0, 0.1) is 6.92 Å². The van der Waals surface area contributed by atoms with Gasteiger partial charge in [-0.25, -0.2) is 13.1 Å². The highest BCUT2D eigenvalue weighted by Gasteiger charge is 2.10. The van der Waals surface area contributed by atoms with Crippen LogP contribution in [0.4, 0.5) is 0 Å². The van der Waals surface area contributed by atoms with Crippen molar-refractivity contribution < 1.29 is 12.9 Å². The fourth-order valence-electron chi connectivity index (χ4n) is 1.95. The molecule has 1 heterocycles. The Morgan fingerprint density at radius 3 is 2.58 bits per heavy atom. The second-order valence-corrected chi connectivity index (χ2v) is 7.61. The quantitative estimate of drug-likeness (QED) is 0.741.